The standard InChI is InChI=1S/C34H60O8/c1-11-25(32-21(6)18-34(13-3,42-32)27-14-15-33(38,12-2)24(9)40-27)30(37)22(7)29(36)23(8)31-20(5)16-19(4)26(41-31)17-28(35)39-10/h19-27,29,31-32,36,38H,11-18H2,1-10H3/t19-,20-,21+,22+,23-,24+,25+,26-,27-,29+,31+,32+,33-,34+/m1/s1. The Morgan fingerprint density at radius 3 is 2.19 bits per heavy atom. The second-order valence-electron chi connectivity index (χ2n) is 14.1. The fourth-order valence-electron chi connectivity index (χ4n) is 8.35. The zero-order valence-electron chi connectivity index (χ0n) is 27.9. The average Bonchev–Trinajstić information content (AvgIpc) is 3.31. The third kappa shape index (κ3) is 7.09. The number of hydrogen-bond acceptors (Lipinski definition) is 8. The largest absolute Gasteiger partial charge is 0.469 e. The third-order valence-electron chi connectivity index (χ3n) is 11.4. The van der Waals surface area contributed by atoms with E-state index < -0.39 is 23.2 Å². The summed E-state index contributed by atoms with van der Waals surface area (Å²) in [5, 5.41) is 22.5. The summed E-state index contributed by atoms with van der Waals surface area (Å²) in [6.45, 7) is 18.3. The van der Waals surface area contributed by atoms with E-state index in [0.29, 0.717) is 19.3 Å². The molecule has 8 nitrogen and oxygen atoms in total. The molecule has 3 saturated heterocycles. The molecule has 3 fully saturated rings. The quantitative estimate of drug-likeness (QED) is 0.285. The van der Waals surface area contributed by atoms with Crippen LogP contribution in [0, 0.1) is 35.5 Å². The van der Waals surface area contributed by atoms with Crippen LogP contribution in [0.2, 0.25) is 0 Å². The number of esters is 1. The van der Waals surface area contributed by atoms with Crippen LogP contribution in [0.25, 0.3) is 0 Å². The number of ketones is 1. The van der Waals surface area contributed by atoms with Crippen LogP contribution < -0.4 is 0 Å². The number of aliphatic hydroxyl groups excluding tert-OH is 1. The minimum Gasteiger partial charge on any atom is -0.469 e. The first-order chi connectivity index (χ1) is 19.7. The number of Topliss-reactive ketones (excluding diaryl/α,β-unsaturated/α-hetero) is 1. The number of ether oxygens (including phenoxy) is 4. The third-order valence-corrected chi connectivity index (χ3v) is 11.4. The minimum atomic E-state index is -0.881. The van der Waals surface area contributed by atoms with E-state index in [1.54, 1.807) is 0 Å². The van der Waals surface area contributed by atoms with E-state index in [-0.39, 0.29) is 78.3 Å². The Kier molecular flexibility index (Phi) is 12.1. The first kappa shape index (κ1) is 35.4. The van der Waals surface area contributed by atoms with E-state index in [9.17, 15) is 19.8 Å². The number of carbonyl (C=O) groups excluding carboxylic acids is 2. The predicted octanol–water partition coefficient (Wildman–Crippen LogP) is 5.49. The molecule has 0 aromatic carbocycles. The van der Waals surface area contributed by atoms with E-state index in [4.69, 9.17) is 18.9 Å². The summed E-state index contributed by atoms with van der Waals surface area (Å²) in [5.41, 5.74) is -1.30. The van der Waals surface area contributed by atoms with Crippen molar-refractivity contribution < 1.29 is 38.7 Å². The lowest BCUT2D eigenvalue weighted by Gasteiger charge is -2.47. The second kappa shape index (κ2) is 14.4. The van der Waals surface area contributed by atoms with E-state index >= 15 is 0 Å². The molecule has 3 rings (SSSR count). The van der Waals surface area contributed by atoms with Crippen LogP contribution in [-0.2, 0) is 28.5 Å². The van der Waals surface area contributed by atoms with Gasteiger partial charge in [-0.05, 0) is 69.6 Å². The smallest absolute Gasteiger partial charge is 0.308 e. The lowest BCUT2D eigenvalue weighted by Crippen LogP contribution is -2.55. The lowest BCUT2D eigenvalue weighted by atomic mass is 9.74. The van der Waals surface area contributed by atoms with Crippen molar-refractivity contribution in [2.45, 2.75) is 162 Å². The molecule has 0 unspecified atom stereocenters. The SMILES string of the molecule is CC[C@@H](C(=O)[C@@H](C)[C@H](O)[C@@H](C)[C@H]1O[C@H](CC(=O)OC)[C@H](C)C[C@H]1C)[C@H]1O[C@](CC)([C@H]2CC[C@](O)(CC)[C@H](C)O2)C[C@@H]1C. The molecule has 0 spiro atoms. The van der Waals surface area contributed by atoms with Gasteiger partial charge in [0, 0.05) is 17.8 Å². The lowest BCUT2D eigenvalue weighted by molar-refractivity contribution is -0.229. The number of hydrogen-bond donors (Lipinski definition) is 2. The van der Waals surface area contributed by atoms with Crippen molar-refractivity contribution in [2.24, 2.45) is 35.5 Å². The van der Waals surface area contributed by atoms with Crippen molar-refractivity contribution in [1.29, 1.82) is 0 Å². The molecule has 0 amide bonds. The van der Waals surface area contributed by atoms with Crippen molar-refractivity contribution in [1.82, 2.24) is 0 Å². The molecule has 3 heterocycles. The summed E-state index contributed by atoms with van der Waals surface area (Å²) in [6, 6.07) is 0. The van der Waals surface area contributed by atoms with Crippen molar-refractivity contribution in [2.75, 3.05) is 7.11 Å². The first-order valence-electron chi connectivity index (χ1n) is 16.7. The maximum atomic E-state index is 14.1. The van der Waals surface area contributed by atoms with Gasteiger partial charge in [-0.25, -0.2) is 0 Å². The Morgan fingerprint density at radius 2 is 1.64 bits per heavy atom. The summed E-state index contributed by atoms with van der Waals surface area (Å²) >= 11 is 0. The normalized spacial score (nSPS) is 42.0. The van der Waals surface area contributed by atoms with Gasteiger partial charge in [-0.15, -0.1) is 0 Å². The Labute approximate surface area is 254 Å². The molecule has 0 radical (unpaired) electrons. The molecule has 0 saturated carbocycles. The van der Waals surface area contributed by atoms with Gasteiger partial charge in [0.1, 0.15) is 5.78 Å². The maximum absolute atomic E-state index is 14.1. The Bertz CT molecular complexity index is 910. The van der Waals surface area contributed by atoms with E-state index in [2.05, 4.69) is 27.7 Å². The Balaban J connectivity index is 1.72. The fraction of sp³-hybridized carbons (Fsp3) is 0.941. The molecule has 3 aliphatic heterocycles. The minimum absolute atomic E-state index is 0.0295. The second-order valence-corrected chi connectivity index (χ2v) is 14.1. The monoisotopic (exact) mass is 596 g/mol. The summed E-state index contributed by atoms with van der Waals surface area (Å²) in [5.74, 6) is -0.923. The molecule has 14 atom stereocenters. The number of carbonyl (C=O) groups is 2. The molecule has 0 aliphatic carbocycles. The highest BCUT2D eigenvalue weighted by Gasteiger charge is 2.55. The molecular weight excluding hydrogens is 536 g/mol. The first-order valence-corrected chi connectivity index (χ1v) is 16.7. The molecule has 8 heteroatoms. The van der Waals surface area contributed by atoms with Crippen molar-refractivity contribution in [3.05, 3.63) is 0 Å². The molecule has 3 aliphatic rings. The summed E-state index contributed by atoms with van der Waals surface area (Å²) in [4.78, 5) is 26.0. The van der Waals surface area contributed by atoms with E-state index in [1.165, 1.54) is 7.11 Å². The average molecular weight is 597 g/mol. The van der Waals surface area contributed by atoms with E-state index in [0.717, 1.165) is 25.7 Å². The highest BCUT2D eigenvalue weighted by atomic mass is 16.6. The summed E-state index contributed by atoms with van der Waals surface area (Å²) in [7, 11) is 1.38. The highest BCUT2D eigenvalue weighted by Crippen LogP contribution is 2.48. The van der Waals surface area contributed by atoms with Crippen LogP contribution in [0.5, 0.6) is 0 Å². The molecule has 0 bridgehead atoms. The van der Waals surface area contributed by atoms with Gasteiger partial charge < -0.3 is 29.2 Å². The predicted molar refractivity (Wildman–Crippen MR) is 162 cm³/mol. The number of rotatable bonds is 12. The van der Waals surface area contributed by atoms with Crippen molar-refractivity contribution >= 4 is 11.8 Å². The van der Waals surface area contributed by atoms with Crippen LogP contribution in [0.15, 0.2) is 0 Å². The van der Waals surface area contributed by atoms with Gasteiger partial charge in [0.25, 0.3) is 0 Å². The van der Waals surface area contributed by atoms with Gasteiger partial charge in [-0.1, -0.05) is 55.4 Å². The zero-order chi connectivity index (χ0) is 31.6. The summed E-state index contributed by atoms with van der Waals surface area (Å²) in [6.07, 6.45) is 3.28. The van der Waals surface area contributed by atoms with Gasteiger partial charge >= 0.3 is 5.97 Å². The van der Waals surface area contributed by atoms with Crippen molar-refractivity contribution in [3.63, 3.8) is 0 Å². The molecule has 0 aromatic heterocycles. The zero-order valence-corrected chi connectivity index (χ0v) is 27.9. The van der Waals surface area contributed by atoms with E-state index in [1.807, 2.05) is 34.6 Å². The Hall–Kier alpha value is -1.06. The molecule has 2 N–H and O–H groups in total. The van der Waals surface area contributed by atoms with Crippen LogP contribution in [0.4, 0.5) is 0 Å². The maximum Gasteiger partial charge on any atom is 0.308 e. The Morgan fingerprint density at radius 1 is 0.976 bits per heavy atom. The highest BCUT2D eigenvalue weighted by molar-refractivity contribution is 5.84. The van der Waals surface area contributed by atoms with Gasteiger partial charge in [-0.2, -0.15) is 0 Å². The van der Waals surface area contributed by atoms with Crippen LogP contribution in [0.3, 0.4) is 0 Å². The van der Waals surface area contributed by atoms with Gasteiger partial charge in [0.05, 0.1) is 61.4 Å². The summed E-state index contributed by atoms with van der Waals surface area (Å²) < 4.78 is 24.6. The van der Waals surface area contributed by atoms with Crippen LogP contribution in [-0.4, -0.2) is 76.9 Å². The van der Waals surface area contributed by atoms with Gasteiger partial charge in [-0.3, -0.25) is 9.59 Å². The number of aliphatic hydroxyl groups is 2. The topological polar surface area (TPSA) is 112 Å². The van der Waals surface area contributed by atoms with Gasteiger partial charge in [0.15, 0.2) is 0 Å². The fourth-order valence-corrected chi connectivity index (χ4v) is 8.35. The molecule has 0 aromatic rings. The van der Waals surface area contributed by atoms with Crippen LogP contribution >= 0.6 is 0 Å². The van der Waals surface area contributed by atoms with Crippen molar-refractivity contribution in [3.8, 4) is 0 Å². The molecule has 244 valence electrons. The molecular formula is C34H60O8. The van der Waals surface area contributed by atoms with Crippen LogP contribution in [0.1, 0.15) is 114 Å². The number of methoxy groups -OCH3 is 1. The van der Waals surface area contributed by atoms with Gasteiger partial charge in [0.2, 0.25) is 0 Å². The molecule has 42 heavy (non-hydrogen) atoms.